The highest BCUT2D eigenvalue weighted by atomic mass is 16.3. The Labute approximate surface area is 318 Å². The number of fused-ring (bicyclic) bond motifs is 7. The van der Waals surface area contributed by atoms with Gasteiger partial charge in [-0.15, -0.1) is 0 Å². The van der Waals surface area contributed by atoms with Gasteiger partial charge in [0.15, 0.2) is 0 Å². The van der Waals surface area contributed by atoms with E-state index in [1.807, 2.05) is 12.1 Å². The summed E-state index contributed by atoms with van der Waals surface area (Å²) in [5.41, 5.74) is 13.2. The van der Waals surface area contributed by atoms with Crippen LogP contribution >= 0.6 is 0 Å². The molecule has 9 aromatic carbocycles. The van der Waals surface area contributed by atoms with Crippen molar-refractivity contribution in [1.82, 2.24) is 4.57 Å². The Morgan fingerprint density at radius 3 is 1.71 bits per heavy atom. The minimum absolute atomic E-state index is 0.897. The van der Waals surface area contributed by atoms with Gasteiger partial charge in [0, 0.05) is 44.3 Å². The van der Waals surface area contributed by atoms with Crippen molar-refractivity contribution in [3.05, 3.63) is 206 Å². The van der Waals surface area contributed by atoms with Gasteiger partial charge in [-0.1, -0.05) is 127 Å². The largest absolute Gasteiger partial charge is 0.456 e. The van der Waals surface area contributed by atoms with Crippen molar-refractivity contribution < 1.29 is 4.42 Å². The molecule has 11 aromatic rings. The van der Waals surface area contributed by atoms with Gasteiger partial charge in [-0.25, -0.2) is 0 Å². The van der Waals surface area contributed by atoms with Crippen molar-refractivity contribution in [1.29, 1.82) is 0 Å². The number of anilines is 3. The summed E-state index contributed by atoms with van der Waals surface area (Å²) in [5.74, 6) is 0. The lowest BCUT2D eigenvalue weighted by atomic mass is 10.0. The summed E-state index contributed by atoms with van der Waals surface area (Å²) >= 11 is 0. The number of furan rings is 1. The standard InChI is InChI=1S/C52H34N2O/c1-2-12-37-32-44(29-25-35(37)11-1)53(42-15-10-14-39(33-42)40-26-30-48-47-19-5-8-22-51(47)55-52(48)34-40)41-27-23-36(24-28-41)38-13-9-16-43(31-38)54-49-20-6-3-17-45(49)46-18-4-7-21-50(46)54/h1-34H. The van der Waals surface area contributed by atoms with Gasteiger partial charge in [-0.2, -0.15) is 0 Å². The topological polar surface area (TPSA) is 21.3 Å². The van der Waals surface area contributed by atoms with Crippen LogP contribution in [-0.2, 0) is 0 Å². The summed E-state index contributed by atoms with van der Waals surface area (Å²) in [7, 11) is 0. The molecule has 0 amide bonds. The summed E-state index contributed by atoms with van der Waals surface area (Å²) in [5, 5.41) is 7.23. The Bertz CT molecular complexity index is 3170. The van der Waals surface area contributed by atoms with E-state index in [0.29, 0.717) is 0 Å². The predicted octanol–water partition coefficient (Wildman–Crippen LogP) is 14.6. The first kappa shape index (κ1) is 31.2. The minimum atomic E-state index is 0.897. The van der Waals surface area contributed by atoms with E-state index >= 15 is 0 Å². The third kappa shape index (κ3) is 5.28. The Morgan fingerprint density at radius 2 is 0.909 bits per heavy atom. The van der Waals surface area contributed by atoms with Crippen LogP contribution in [0.4, 0.5) is 17.1 Å². The zero-order valence-corrected chi connectivity index (χ0v) is 29.9. The number of aromatic nitrogens is 1. The number of hydrogen-bond acceptors (Lipinski definition) is 2. The molecule has 2 heterocycles. The monoisotopic (exact) mass is 702 g/mol. The van der Waals surface area contributed by atoms with Gasteiger partial charge >= 0.3 is 0 Å². The Kier molecular flexibility index (Phi) is 7.17. The molecule has 0 spiro atoms. The van der Waals surface area contributed by atoms with Crippen LogP contribution in [0.1, 0.15) is 0 Å². The van der Waals surface area contributed by atoms with Gasteiger partial charge < -0.3 is 13.9 Å². The van der Waals surface area contributed by atoms with E-state index in [4.69, 9.17) is 4.42 Å². The molecule has 0 aliphatic heterocycles. The fourth-order valence-electron chi connectivity index (χ4n) is 8.32. The van der Waals surface area contributed by atoms with Crippen molar-refractivity contribution >= 4 is 71.6 Å². The average Bonchev–Trinajstić information content (AvgIpc) is 3.80. The molecule has 0 aliphatic rings. The molecule has 11 rings (SSSR count). The van der Waals surface area contributed by atoms with Gasteiger partial charge in [-0.05, 0) is 112 Å². The SMILES string of the molecule is c1cc(-c2ccc3c(c2)oc2ccccc23)cc(N(c2ccc(-c3cccc(-n4c5ccccc5c5ccccc54)c3)cc2)c2ccc3ccccc3c2)c1. The fraction of sp³-hybridized carbons (Fsp3) is 0. The van der Waals surface area contributed by atoms with Crippen molar-refractivity contribution in [3.8, 4) is 27.9 Å². The second kappa shape index (κ2) is 12.6. The van der Waals surface area contributed by atoms with Crippen LogP contribution in [0.2, 0.25) is 0 Å². The number of para-hydroxylation sites is 3. The van der Waals surface area contributed by atoms with Crippen LogP contribution in [0.5, 0.6) is 0 Å². The summed E-state index contributed by atoms with van der Waals surface area (Å²) in [6.07, 6.45) is 0. The normalized spacial score (nSPS) is 11.6. The molecule has 0 saturated heterocycles. The van der Waals surface area contributed by atoms with Gasteiger partial charge in [-0.3, -0.25) is 0 Å². The third-order valence-electron chi connectivity index (χ3n) is 11.0. The maximum atomic E-state index is 6.27. The Hall–Kier alpha value is -7.36. The van der Waals surface area contributed by atoms with E-state index in [9.17, 15) is 0 Å². The van der Waals surface area contributed by atoms with Crippen LogP contribution in [0.15, 0.2) is 211 Å². The molecular weight excluding hydrogens is 669 g/mol. The number of nitrogens with zero attached hydrogens (tertiary/aromatic N) is 2. The summed E-state index contributed by atoms with van der Waals surface area (Å²) in [6, 6.07) is 74.0. The zero-order chi connectivity index (χ0) is 36.3. The van der Waals surface area contributed by atoms with E-state index in [1.54, 1.807) is 0 Å². The fourth-order valence-corrected chi connectivity index (χ4v) is 8.32. The third-order valence-corrected chi connectivity index (χ3v) is 11.0. The number of hydrogen-bond donors (Lipinski definition) is 0. The van der Waals surface area contributed by atoms with Gasteiger partial charge in [0.05, 0.1) is 11.0 Å². The molecule has 0 radical (unpaired) electrons. The average molecular weight is 703 g/mol. The van der Waals surface area contributed by atoms with E-state index in [2.05, 4.69) is 204 Å². The first-order valence-electron chi connectivity index (χ1n) is 18.7. The quantitative estimate of drug-likeness (QED) is 0.172. The maximum Gasteiger partial charge on any atom is 0.136 e. The van der Waals surface area contributed by atoms with E-state index in [1.165, 1.54) is 38.1 Å². The predicted molar refractivity (Wildman–Crippen MR) is 231 cm³/mol. The first-order valence-corrected chi connectivity index (χ1v) is 18.7. The molecular formula is C52H34N2O. The highest BCUT2D eigenvalue weighted by molar-refractivity contribution is 6.09. The molecule has 0 unspecified atom stereocenters. The molecule has 0 saturated carbocycles. The molecule has 0 atom stereocenters. The number of benzene rings is 9. The van der Waals surface area contributed by atoms with Crippen molar-refractivity contribution in [2.24, 2.45) is 0 Å². The molecule has 0 N–H and O–H groups in total. The molecule has 0 fully saturated rings. The first-order chi connectivity index (χ1) is 27.2. The van der Waals surface area contributed by atoms with Crippen LogP contribution in [-0.4, -0.2) is 4.57 Å². The maximum absolute atomic E-state index is 6.27. The Balaban J connectivity index is 0.999. The Morgan fingerprint density at radius 1 is 0.327 bits per heavy atom. The highest BCUT2D eigenvalue weighted by Crippen LogP contribution is 2.40. The van der Waals surface area contributed by atoms with Crippen LogP contribution in [0.3, 0.4) is 0 Å². The summed E-state index contributed by atoms with van der Waals surface area (Å²) < 4.78 is 8.65. The van der Waals surface area contributed by atoms with Gasteiger partial charge in [0.25, 0.3) is 0 Å². The molecule has 0 bridgehead atoms. The molecule has 258 valence electrons. The van der Waals surface area contributed by atoms with Crippen LogP contribution in [0.25, 0.3) is 82.5 Å². The lowest BCUT2D eigenvalue weighted by Gasteiger charge is -2.26. The smallest absolute Gasteiger partial charge is 0.136 e. The van der Waals surface area contributed by atoms with E-state index < -0.39 is 0 Å². The molecule has 3 heteroatoms. The van der Waals surface area contributed by atoms with Gasteiger partial charge in [0.1, 0.15) is 11.2 Å². The number of rotatable bonds is 6. The van der Waals surface area contributed by atoms with Crippen molar-refractivity contribution in [2.45, 2.75) is 0 Å². The molecule has 0 aliphatic carbocycles. The van der Waals surface area contributed by atoms with E-state index in [-0.39, 0.29) is 0 Å². The summed E-state index contributed by atoms with van der Waals surface area (Å²) in [4.78, 5) is 2.36. The highest BCUT2D eigenvalue weighted by Gasteiger charge is 2.17. The summed E-state index contributed by atoms with van der Waals surface area (Å²) in [6.45, 7) is 0. The van der Waals surface area contributed by atoms with Crippen LogP contribution < -0.4 is 4.90 Å². The lowest BCUT2D eigenvalue weighted by molar-refractivity contribution is 0.669. The molecule has 55 heavy (non-hydrogen) atoms. The lowest BCUT2D eigenvalue weighted by Crippen LogP contribution is -2.10. The molecule has 3 nitrogen and oxygen atoms in total. The van der Waals surface area contributed by atoms with Crippen molar-refractivity contribution in [2.75, 3.05) is 4.90 Å². The zero-order valence-electron chi connectivity index (χ0n) is 29.9. The minimum Gasteiger partial charge on any atom is -0.456 e. The molecule has 2 aromatic heterocycles. The van der Waals surface area contributed by atoms with Crippen molar-refractivity contribution in [3.63, 3.8) is 0 Å². The van der Waals surface area contributed by atoms with E-state index in [0.717, 1.165) is 61.4 Å². The van der Waals surface area contributed by atoms with Crippen LogP contribution in [0, 0.1) is 0 Å². The second-order valence-corrected chi connectivity index (χ2v) is 14.2. The van der Waals surface area contributed by atoms with Gasteiger partial charge in [0.2, 0.25) is 0 Å². The second-order valence-electron chi connectivity index (χ2n) is 14.2.